The Morgan fingerprint density at radius 1 is 0.952 bits per heavy atom. The lowest BCUT2D eigenvalue weighted by Crippen LogP contribution is -2.31. The Morgan fingerprint density at radius 3 is 2.24 bits per heavy atom. The first-order chi connectivity index (χ1) is 10.2. The van der Waals surface area contributed by atoms with E-state index in [1.807, 2.05) is 0 Å². The summed E-state index contributed by atoms with van der Waals surface area (Å²) in [5.74, 6) is 4.14. The van der Waals surface area contributed by atoms with E-state index < -0.39 is 0 Å². The second-order valence-electron chi connectivity index (χ2n) is 7.79. The van der Waals surface area contributed by atoms with Crippen molar-refractivity contribution in [3.8, 4) is 0 Å². The fourth-order valence-corrected chi connectivity index (χ4v) is 7.79. The molecule has 0 aromatic rings. The van der Waals surface area contributed by atoms with Crippen molar-refractivity contribution in [2.45, 2.75) is 101 Å². The maximum Gasteiger partial charge on any atom is 0.113 e. The molecule has 1 saturated heterocycles. The fraction of sp³-hybridized carbons (Fsp3) is 1.00. The topological polar surface area (TPSA) is 0 Å². The van der Waals surface area contributed by atoms with Gasteiger partial charge in [0.05, 0.1) is 0 Å². The molecule has 1 unspecified atom stereocenters. The second-order valence-corrected chi connectivity index (χ2v) is 12.0. The van der Waals surface area contributed by atoms with Crippen LogP contribution in [0.4, 0.5) is 0 Å². The molecule has 2 heteroatoms. The quantitative estimate of drug-likeness (QED) is 0.261. The van der Waals surface area contributed by atoms with E-state index >= 15 is 0 Å². The lowest BCUT2D eigenvalue weighted by atomic mass is 9.58. The Kier molecular flexibility index (Phi) is 8.06. The zero-order valence-corrected chi connectivity index (χ0v) is 15.6. The van der Waals surface area contributed by atoms with E-state index in [1.165, 1.54) is 83.4 Å². The summed E-state index contributed by atoms with van der Waals surface area (Å²) in [6, 6.07) is 0. The van der Waals surface area contributed by atoms with Crippen LogP contribution in [0.1, 0.15) is 84.0 Å². The van der Waals surface area contributed by atoms with Gasteiger partial charge in [-0.2, -0.15) is 0 Å². The lowest BCUT2D eigenvalue weighted by Gasteiger charge is -2.51. The molecule has 0 aromatic carbocycles. The first kappa shape index (κ1) is 17.8. The van der Waals surface area contributed by atoms with Gasteiger partial charge in [-0.3, -0.25) is 0 Å². The van der Waals surface area contributed by atoms with Crippen LogP contribution in [0.15, 0.2) is 0 Å². The molecule has 0 bridgehead atoms. The largest absolute Gasteiger partial charge is 0.241 e. The number of unbranched alkanes of at least 4 members (excludes halogenated alkanes) is 1. The second kappa shape index (κ2) is 9.53. The normalized spacial score (nSPS) is 25.6. The molecule has 1 heterocycles. The Labute approximate surface area is 136 Å². The van der Waals surface area contributed by atoms with Gasteiger partial charge in [0.15, 0.2) is 0 Å². The zero-order chi connectivity index (χ0) is 15.0. The molecular formula is C19H38BS. The average molecular weight is 309 g/mol. The summed E-state index contributed by atoms with van der Waals surface area (Å²) in [6.07, 6.45) is 21.9. The highest BCUT2D eigenvalue weighted by Crippen LogP contribution is 2.59. The van der Waals surface area contributed by atoms with Crippen LogP contribution in [0.25, 0.3) is 0 Å². The van der Waals surface area contributed by atoms with E-state index in [0.29, 0.717) is 0 Å². The minimum Gasteiger partial charge on any atom is -0.241 e. The van der Waals surface area contributed by atoms with E-state index in [2.05, 4.69) is 20.5 Å². The molecular weight excluding hydrogens is 271 g/mol. The lowest BCUT2D eigenvalue weighted by molar-refractivity contribution is 0.622. The number of hydrogen-bond donors (Lipinski definition) is 0. The van der Waals surface area contributed by atoms with Crippen LogP contribution in [0.5, 0.6) is 0 Å². The first-order valence-electron chi connectivity index (χ1n) is 9.80. The van der Waals surface area contributed by atoms with Crippen molar-refractivity contribution in [3.63, 3.8) is 0 Å². The highest BCUT2D eigenvalue weighted by Gasteiger charge is 2.33. The third-order valence-corrected chi connectivity index (χ3v) is 10.5. The van der Waals surface area contributed by atoms with Crippen molar-refractivity contribution in [2.75, 3.05) is 17.8 Å². The van der Waals surface area contributed by atoms with Crippen molar-refractivity contribution in [1.29, 1.82) is 0 Å². The van der Waals surface area contributed by atoms with Gasteiger partial charge in [-0.15, -0.1) is 0 Å². The molecule has 1 radical (unpaired) electrons. The summed E-state index contributed by atoms with van der Waals surface area (Å²) in [4.78, 5) is 0. The van der Waals surface area contributed by atoms with Gasteiger partial charge in [0.1, 0.15) is 7.28 Å². The van der Waals surface area contributed by atoms with E-state index in [4.69, 9.17) is 0 Å². The fourth-order valence-electron chi connectivity index (χ4n) is 4.38. The van der Waals surface area contributed by atoms with Crippen LogP contribution in [-0.4, -0.2) is 30.3 Å². The predicted molar refractivity (Wildman–Crippen MR) is 102 cm³/mol. The average Bonchev–Trinajstić information content (AvgIpc) is 2.72. The van der Waals surface area contributed by atoms with Gasteiger partial charge >= 0.3 is 0 Å². The highest BCUT2D eigenvalue weighted by atomic mass is 32.3. The standard InChI is InChI=1S/C19H38BS/c1-3-11-19(21(2)16-10-17-21)14-8-9-15-20-18-12-6-4-5-7-13-18/h18-19H,3-17H2,1-2H3. The molecule has 0 amide bonds. The molecule has 2 fully saturated rings. The minimum absolute atomic E-state index is 0.165. The third kappa shape index (κ3) is 5.85. The van der Waals surface area contributed by atoms with Gasteiger partial charge in [0, 0.05) is 0 Å². The maximum atomic E-state index is 2.69. The van der Waals surface area contributed by atoms with Gasteiger partial charge in [0.2, 0.25) is 0 Å². The van der Waals surface area contributed by atoms with E-state index in [0.717, 1.165) is 11.1 Å². The Balaban J connectivity index is 1.57. The third-order valence-electron chi connectivity index (χ3n) is 6.02. The monoisotopic (exact) mass is 309 g/mol. The highest BCUT2D eigenvalue weighted by molar-refractivity contribution is 8.34. The molecule has 2 aliphatic rings. The van der Waals surface area contributed by atoms with Crippen LogP contribution in [-0.2, 0) is 0 Å². The first-order valence-corrected chi connectivity index (χ1v) is 12.2. The molecule has 0 aromatic heterocycles. The summed E-state index contributed by atoms with van der Waals surface area (Å²) in [5.41, 5.74) is 0. The molecule has 1 saturated carbocycles. The van der Waals surface area contributed by atoms with Crippen molar-refractivity contribution < 1.29 is 0 Å². The van der Waals surface area contributed by atoms with Crippen LogP contribution in [0.3, 0.4) is 0 Å². The van der Waals surface area contributed by atoms with E-state index in [-0.39, 0.29) is 10.0 Å². The van der Waals surface area contributed by atoms with Crippen LogP contribution in [0.2, 0.25) is 12.1 Å². The number of rotatable bonds is 9. The zero-order valence-electron chi connectivity index (χ0n) is 14.7. The van der Waals surface area contributed by atoms with Crippen molar-refractivity contribution in [2.24, 2.45) is 0 Å². The van der Waals surface area contributed by atoms with Gasteiger partial charge in [0.25, 0.3) is 0 Å². The molecule has 2 rings (SSSR count). The smallest absolute Gasteiger partial charge is 0.113 e. The summed E-state index contributed by atoms with van der Waals surface area (Å²) in [5, 5.41) is 1.11. The van der Waals surface area contributed by atoms with Gasteiger partial charge in [-0.05, 0) is 42.3 Å². The molecule has 0 spiro atoms. The van der Waals surface area contributed by atoms with Crippen LogP contribution >= 0.6 is 10.0 Å². The van der Waals surface area contributed by atoms with Crippen molar-refractivity contribution >= 4 is 17.3 Å². The summed E-state index contributed by atoms with van der Waals surface area (Å²) in [7, 11) is 2.53. The van der Waals surface area contributed by atoms with Crippen LogP contribution < -0.4 is 0 Å². The van der Waals surface area contributed by atoms with Gasteiger partial charge < -0.3 is 0 Å². The molecule has 0 N–H and O–H groups in total. The summed E-state index contributed by atoms with van der Waals surface area (Å²) < 4.78 is 0. The molecule has 1 aliphatic heterocycles. The van der Waals surface area contributed by atoms with Crippen molar-refractivity contribution in [1.82, 2.24) is 0 Å². The summed E-state index contributed by atoms with van der Waals surface area (Å²) >= 11 is 0. The Morgan fingerprint density at radius 2 is 1.67 bits per heavy atom. The number of hydrogen-bond acceptors (Lipinski definition) is 0. The maximum absolute atomic E-state index is 2.69. The van der Waals surface area contributed by atoms with Crippen molar-refractivity contribution in [3.05, 3.63) is 0 Å². The predicted octanol–water partition coefficient (Wildman–Crippen LogP) is 6.43. The Hall–Kier alpha value is 0.415. The molecule has 0 nitrogen and oxygen atoms in total. The molecule has 123 valence electrons. The van der Waals surface area contributed by atoms with Crippen LogP contribution in [0, 0.1) is 0 Å². The minimum atomic E-state index is -0.165. The SMILES string of the molecule is CCCC(CCCC[B]C1CCCCCC1)S1(C)CCC1. The van der Waals surface area contributed by atoms with Gasteiger partial charge in [-0.25, -0.2) is 10.0 Å². The molecule has 21 heavy (non-hydrogen) atoms. The van der Waals surface area contributed by atoms with E-state index in [1.54, 1.807) is 11.5 Å². The molecule has 1 aliphatic carbocycles. The van der Waals surface area contributed by atoms with Gasteiger partial charge in [-0.1, -0.05) is 76.8 Å². The Bertz CT molecular complexity index is 267. The van der Waals surface area contributed by atoms with E-state index in [9.17, 15) is 0 Å². The summed E-state index contributed by atoms with van der Waals surface area (Å²) in [6.45, 7) is 2.38. The molecule has 1 atom stereocenters.